The summed E-state index contributed by atoms with van der Waals surface area (Å²) in [5.74, 6) is -0.831. The smallest absolute Gasteiger partial charge is 0.306 e. The molecule has 0 unspecified atom stereocenters. The fourth-order valence-corrected chi connectivity index (χ4v) is 1.04. The van der Waals surface area contributed by atoms with Crippen molar-refractivity contribution in [2.24, 2.45) is 11.1 Å². The van der Waals surface area contributed by atoms with Gasteiger partial charge in [0.2, 0.25) is 5.91 Å². The minimum absolute atomic E-state index is 0.0501. The van der Waals surface area contributed by atoms with Gasteiger partial charge < -0.3 is 10.5 Å². The van der Waals surface area contributed by atoms with Gasteiger partial charge in [-0.3, -0.25) is 9.59 Å². The highest BCUT2D eigenvalue weighted by Crippen LogP contribution is 2.19. The van der Waals surface area contributed by atoms with E-state index in [0.717, 1.165) is 19.3 Å². The van der Waals surface area contributed by atoms with Crippen molar-refractivity contribution in [2.45, 2.75) is 46.5 Å². The number of hydrogen-bond acceptors (Lipinski definition) is 3. The van der Waals surface area contributed by atoms with Gasteiger partial charge in [-0.05, 0) is 6.42 Å². The zero-order chi connectivity index (χ0) is 11.9. The fourth-order valence-electron chi connectivity index (χ4n) is 1.04. The van der Waals surface area contributed by atoms with Crippen LogP contribution in [0.25, 0.3) is 0 Å². The van der Waals surface area contributed by atoms with E-state index in [1.54, 1.807) is 13.8 Å². The lowest BCUT2D eigenvalue weighted by Gasteiger charge is -2.18. The van der Waals surface area contributed by atoms with Gasteiger partial charge in [-0.15, -0.1) is 0 Å². The van der Waals surface area contributed by atoms with Crippen molar-refractivity contribution >= 4 is 11.9 Å². The van der Waals surface area contributed by atoms with Gasteiger partial charge in [0.1, 0.15) is 0 Å². The third kappa shape index (κ3) is 6.10. The van der Waals surface area contributed by atoms with Crippen LogP contribution in [0.1, 0.15) is 46.5 Å². The number of amides is 1. The van der Waals surface area contributed by atoms with Crippen molar-refractivity contribution in [1.29, 1.82) is 0 Å². The number of esters is 1. The molecule has 0 aromatic rings. The van der Waals surface area contributed by atoms with E-state index in [9.17, 15) is 9.59 Å². The number of ether oxygens (including phenoxy) is 1. The van der Waals surface area contributed by atoms with Crippen LogP contribution in [-0.4, -0.2) is 18.5 Å². The number of rotatable bonds is 7. The molecular weight excluding hydrogens is 194 g/mol. The molecule has 0 heterocycles. The van der Waals surface area contributed by atoms with Crippen molar-refractivity contribution in [1.82, 2.24) is 0 Å². The summed E-state index contributed by atoms with van der Waals surface area (Å²) in [5, 5.41) is 0. The van der Waals surface area contributed by atoms with E-state index in [-0.39, 0.29) is 12.4 Å². The van der Waals surface area contributed by atoms with Crippen LogP contribution in [0.15, 0.2) is 0 Å². The molecule has 2 N–H and O–H groups in total. The topological polar surface area (TPSA) is 69.4 Å². The first kappa shape index (κ1) is 13.9. The van der Waals surface area contributed by atoms with Crippen LogP contribution in [-0.2, 0) is 14.3 Å². The van der Waals surface area contributed by atoms with Crippen molar-refractivity contribution in [3.63, 3.8) is 0 Å². The molecule has 0 aliphatic rings. The molecule has 0 fully saturated rings. The molecule has 0 rings (SSSR count). The quantitative estimate of drug-likeness (QED) is 0.518. The van der Waals surface area contributed by atoms with Crippen LogP contribution in [0, 0.1) is 5.41 Å². The fraction of sp³-hybridized carbons (Fsp3) is 0.818. The average molecular weight is 215 g/mol. The van der Waals surface area contributed by atoms with Crippen molar-refractivity contribution < 1.29 is 14.3 Å². The Hall–Kier alpha value is -1.06. The molecule has 4 nitrogen and oxygen atoms in total. The van der Waals surface area contributed by atoms with Gasteiger partial charge in [-0.25, -0.2) is 0 Å². The van der Waals surface area contributed by atoms with E-state index in [1.807, 2.05) is 0 Å². The monoisotopic (exact) mass is 215 g/mol. The van der Waals surface area contributed by atoms with E-state index >= 15 is 0 Å². The first-order valence-electron chi connectivity index (χ1n) is 5.35. The third-order valence-electron chi connectivity index (χ3n) is 2.26. The molecule has 0 radical (unpaired) electrons. The summed E-state index contributed by atoms with van der Waals surface area (Å²) in [4.78, 5) is 22.2. The molecule has 0 saturated heterocycles. The van der Waals surface area contributed by atoms with Gasteiger partial charge in [0.05, 0.1) is 18.4 Å². The molecule has 1 amide bonds. The normalized spacial score (nSPS) is 11.1. The molecule has 15 heavy (non-hydrogen) atoms. The molecule has 0 spiro atoms. The van der Waals surface area contributed by atoms with E-state index in [2.05, 4.69) is 6.92 Å². The zero-order valence-electron chi connectivity index (χ0n) is 9.84. The second kappa shape index (κ2) is 6.43. The number of carbonyl (C=O) groups excluding carboxylic acids is 2. The second-order valence-corrected chi connectivity index (χ2v) is 4.35. The number of hydrogen-bond donors (Lipinski definition) is 1. The Balaban J connectivity index is 3.79. The number of carbonyl (C=O) groups is 2. The Labute approximate surface area is 91.2 Å². The summed E-state index contributed by atoms with van der Waals surface area (Å²) < 4.78 is 4.98. The van der Waals surface area contributed by atoms with Crippen molar-refractivity contribution in [3.8, 4) is 0 Å². The van der Waals surface area contributed by atoms with Crippen LogP contribution in [0.4, 0.5) is 0 Å². The molecular formula is C11H21NO3. The van der Waals surface area contributed by atoms with Crippen molar-refractivity contribution in [2.75, 3.05) is 6.61 Å². The molecule has 0 saturated carbocycles. The lowest BCUT2D eigenvalue weighted by molar-refractivity contribution is -0.148. The summed E-state index contributed by atoms with van der Waals surface area (Å²) in [6.07, 6.45) is 3.06. The molecule has 0 aromatic heterocycles. The van der Waals surface area contributed by atoms with Crippen LogP contribution in [0.5, 0.6) is 0 Å². The second-order valence-electron chi connectivity index (χ2n) is 4.35. The van der Waals surface area contributed by atoms with E-state index < -0.39 is 11.3 Å². The summed E-state index contributed by atoms with van der Waals surface area (Å²) in [7, 11) is 0. The van der Waals surface area contributed by atoms with Gasteiger partial charge >= 0.3 is 5.97 Å². The maximum Gasteiger partial charge on any atom is 0.306 e. The first-order valence-corrected chi connectivity index (χ1v) is 5.35. The first-order chi connectivity index (χ1) is 6.90. The lowest BCUT2D eigenvalue weighted by atomic mass is 9.89. The van der Waals surface area contributed by atoms with Crippen LogP contribution < -0.4 is 5.73 Å². The molecule has 0 aliphatic heterocycles. The SMILES string of the molecule is CCCCCOC(=O)CC(C)(C)C(N)=O. The minimum Gasteiger partial charge on any atom is -0.466 e. The summed E-state index contributed by atoms with van der Waals surface area (Å²) >= 11 is 0. The Morgan fingerprint density at radius 1 is 1.27 bits per heavy atom. The average Bonchev–Trinajstić information content (AvgIpc) is 2.11. The number of nitrogens with two attached hydrogens (primary N) is 1. The molecule has 0 aromatic carbocycles. The van der Waals surface area contributed by atoms with Crippen molar-refractivity contribution in [3.05, 3.63) is 0 Å². The molecule has 88 valence electrons. The molecule has 4 heteroatoms. The predicted molar refractivity (Wildman–Crippen MR) is 58.1 cm³/mol. The summed E-state index contributed by atoms with van der Waals surface area (Å²) in [6, 6.07) is 0. The maximum absolute atomic E-state index is 11.3. The van der Waals surface area contributed by atoms with Crippen LogP contribution >= 0.6 is 0 Å². The number of primary amides is 1. The number of unbranched alkanes of at least 4 members (excludes halogenated alkanes) is 2. The van der Waals surface area contributed by atoms with Crippen LogP contribution in [0.2, 0.25) is 0 Å². The Kier molecular flexibility index (Phi) is 5.97. The van der Waals surface area contributed by atoms with Gasteiger partial charge in [0.25, 0.3) is 0 Å². The molecule has 0 aliphatic carbocycles. The third-order valence-corrected chi connectivity index (χ3v) is 2.26. The lowest BCUT2D eigenvalue weighted by Crippen LogP contribution is -2.34. The Bertz CT molecular complexity index is 224. The minimum atomic E-state index is -0.818. The Morgan fingerprint density at radius 2 is 1.87 bits per heavy atom. The largest absolute Gasteiger partial charge is 0.466 e. The van der Waals surface area contributed by atoms with E-state index in [0.29, 0.717) is 6.61 Å². The van der Waals surface area contributed by atoms with Gasteiger partial charge in [-0.1, -0.05) is 33.6 Å². The Morgan fingerprint density at radius 3 is 2.33 bits per heavy atom. The van der Waals surface area contributed by atoms with E-state index in [1.165, 1.54) is 0 Å². The predicted octanol–water partition coefficient (Wildman–Crippen LogP) is 1.62. The van der Waals surface area contributed by atoms with Gasteiger partial charge in [0, 0.05) is 0 Å². The zero-order valence-corrected chi connectivity index (χ0v) is 9.84. The maximum atomic E-state index is 11.3. The standard InChI is InChI=1S/C11H21NO3/c1-4-5-6-7-15-9(13)8-11(2,3)10(12)14/h4-8H2,1-3H3,(H2,12,14). The van der Waals surface area contributed by atoms with E-state index in [4.69, 9.17) is 10.5 Å². The van der Waals surface area contributed by atoms with Crippen LogP contribution in [0.3, 0.4) is 0 Å². The summed E-state index contributed by atoms with van der Waals surface area (Å²) in [5.41, 5.74) is 4.33. The highest BCUT2D eigenvalue weighted by Gasteiger charge is 2.28. The van der Waals surface area contributed by atoms with Gasteiger partial charge in [0.15, 0.2) is 0 Å². The van der Waals surface area contributed by atoms with Gasteiger partial charge in [-0.2, -0.15) is 0 Å². The molecule has 0 atom stereocenters. The highest BCUT2D eigenvalue weighted by molar-refractivity contribution is 5.85. The highest BCUT2D eigenvalue weighted by atomic mass is 16.5. The summed E-state index contributed by atoms with van der Waals surface area (Å²) in [6.45, 7) is 5.80. The molecule has 0 bridgehead atoms.